The van der Waals surface area contributed by atoms with Gasteiger partial charge in [0.1, 0.15) is 5.75 Å². The Morgan fingerprint density at radius 3 is 2.03 bits per heavy atom. The molecule has 0 fully saturated rings. The van der Waals surface area contributed by atoms with E-state index in [1.54, 1.807) is 0 Å². The zero-order valence-corrected chi connectivity index (χ0v) is 23.0. The van der Waals surface area contributed by atoms with E-state index in [4.69, 9.17) is 4.74 Å². The summed E-state index contributed by atoms with van der Waals surface area (Å²) in [6, 6.07) is 16.2. The highest BCUT2D eigenvalue weighted by molar-refractivity contribution is 5.73. The van der Waals surface area contributed by atoms with Gasteiger partial charge in [0.25, 0.3) is 0 Å². The number of hydrogen-bond acceptors (Lipinski definition) is 4. The van der Waals surface area contributed by atoms with Crippen LogP contribution in [0.15, 0.2) is 60.9 Å². The van der Waals surface area contributed by atoms with Gasteiger partial charge in [-0.25, -0.2) is 9.97 Å². The molecule has 1 aromatic heterocycles. The number of carbonyl (C=O) groups is 1. The molecule has 4 nitrogen and oxygen atoms in total. The van der Waals surface area contributed by atoms with Gasteiger partial charge in [0, 0.05) is 29.9 Å². The summed E-state index contributed by atoms with van der Waals surface area (Å²) in [7, 11) is 0. The number of hydrogen-bond donors (Lipinski definition) is 0. The number of aryl methyl sites for hydroxylation is 1. The van der Waals surface area contributed by atoms with Crippen molar-refractivity contribution in [2.75, 3.05) is 0 Å². The number of nitrogens with zero attached hydrogens (tertiary/aromatic N) is 2. The molecule has 0 amide bonds. The fraction of sp³-hybridized carbons (Fsp3) is 0.485. The molecule has 0 radical (unpaired) electrons. The Balaban J connectivity index is 1.47. The third-order valence-corrected chi connectivity index (χ3v) is 6.99. The van der Waals surface area contributed by atoms with E-state index in [2.05, 4.69) is 55.0 Å². The second-order valence-electron chi connectivity index (χ2n) is 10.3. The average Bonchev–Trinajstić information content (AvgIpc) is 2.93. The molecule has 198 valence electrons. The molecule has 1 unspecified atom stereocenters. The van der Waals surface area contributed by atoms with Crippen LogP contribution in [0.2, 0.25) is 0 Å². The number of rotatable bonds is 16. The van der Waals surface area contributed by atoms with E-state index >= 15 is 0 Å². The van der Waals surface area contributed by atoms with Gasteiger partial charge < -0.3 is 4.74 Å². The van der Waals surface area contributed by atoms with Crippen molar-refractivity contribution in [2.45, 2.75) is 97.8 Å². The maximum absolute atomic E-state index is 12.2. The molecule has 3 aromatic rings. The molecule has 0 spiro atoms. The maximum atomic E-state index is 12.2. The molecule has 37 heavy (non-hydrogen) atoms. The van der Waals surface area contributed by atoms with Crippen LogP contribution in [0, 0.1) is 5.92 Å². The summed E-state index contributed by atoms with van der Waals surface area (Å²) in [6.45, 7) is 6.66. The van der Waals surface area contributed by atoms with Crippen LogP contribution in [0.5, 0.6) is 5.75 Å². The van der Waals surface area contributed by atoms with Crippen LogP contribution in [0.1, 0.15) is 97.0 Å². The fourth-order valence-electron chi connectivity index (χ4n) is 4.52. The lowest BCUT2D eigenvalue weighted by molar-refractivity contribution is -0.134. The first-order chi connectivity index (χ1) is 18.1. The minimum absolute atomic E-state index is 0.165. The summed E-state index contributed by atoms with van der Waals surface area (Å²) in [5, 5.41) is 0. The highest BCUT2D eigenvalue weighted by Gasteiger charge is 2.10. The average molecular weight is 501 g/mol. The summed E-state index contributed by atoms with van der Waals surface area (Å²) < 4.78 is 5.52. The molecule has 1 heterocycles. The molecule has 3 rings (SSSR count). The molecule has 0 saturated heterocycles. The zero-order valence-electron chi connectivity index (χ0n) is 23.0. The van der Waals surface area contributed by atoms with Crippen LogP contribution in [-0.4, -0.2) is 15.9 Å². The molecule has 0 N–H and O–H groups in total. The number of esters is 1. The minimum Gasteiger partial charge on any atom is -0.427 e. The standard InChI is InChI=1S/C33H44N2O2/c1-4-6-8-9-10-11-13-27-15-17-29(18-16-27)33-34-24-30(25-35-33)28-19-21-31(22-20-28)37-32(36)23-14-26(3)12-7-5-2/h15-22,24-26H,4-14,23H2,1-3H3. The van der Waals surface area contributed by atoms with Crippen LogP contribution in [0.25, 0.3) is 22.5 Å². The predicted octanol–water partition coefficient (Wildman–Crippen LogP) is 9.23. The quantitative estimate of drug-likeness (QED) is 0.112. The summed E-state index contributed by atoms with van der Waals surface area (Å²) in [5.74, 6) is 1.70. The van der Waals surface area contributed by atoms with Gasteiger partial charge in [-0.2, -0.15) is 0 Å². The first-order valence-corrected chi connectivity index (χ1v) is 14.3. The molecule has 0 aliphatic heterocycles. The van der Waals surface area contributed by atoms with Crippen molar-refractivity contribution in [3.05, 3.63) is 66.5 Å². The fourth-order valence-corrected chi connectivity index (χ4v) is 4.52. The molecule has 0 aliphatic carbocycles. The Labute approximate surface area is 223 Å². The van der Waals surface area contributed by atoms with Gasteiger partial charge in [-0.05, 0) is 48.4 Å². The molecule has 4 heteroatoms. The lowest BCUT2D eigenvalue weighted by Gasteiger charge is -2.10. The Kier molecular flexibility index (Phi) is 12.3. The van der Waals surface area contributed by atoms with Gasteiger partial charge in [0.15, 0.2) is 5.82 Å². The number of carbonyl (C=O) groups excluding carboxylic acids is 1. The molecule has 0 saturated carbocycles. The van der Waals surface area contributed by atoms with Gasteiger partial charge in [-0.15, -0.1) is 0 Å². The van der Waals surface area contributed by atoms with Crippen molar-refractivity contribution in [2.24, 2.45) is 5.92 Å². The van der Waals surface area contributed by atoms with Gasteiger partial charge >= 0.3 is 5.97 Å². The molecule has 0 aliphatic rings. The molecule has 1 atom stereocenters. The van der Waals surface area contributed by atoms with Crippen molar-refractivity contribution in [1.82, 2.24) is 9.97 Å². The lowest BCUT2D eigenvalue weighted by atomic mass is 9.99. The summed E-state index contributed by atoms with van der Waals surface area (Å²) >= 11 is 0. The number of benzene rings is 2. The Hall–Kier alpha value is -3.01. The van der Waals surface area contributed by atoms with E-state index in [0.717, 1.165) is 35.4 Å². The van der Waals surface area contributed by atoms with E-state index in [1.165, 1.54) is 63.4 Å². The molecule has 2 aromatic carbocycles. The highest BCUT2D eigenvalue weighted by Crippen LogP contribution is 2.24. The van der Waals surface area contributed by atoms with Crippen molar-refractivity contribution >= 4 is 5.97 Å². The van der Waals surface area contributed by atoms with Crippen molar-refractivity contribution in [3.8, 4) is 28.3 Å². The smallest absolute Gasteiger partial charge is 0.311 e. The van der Waals surface area contributed by atoms with E-state index in [0.29, 0.717) is 18.1 Å². The van der Waals surface area contributed by atoms with Crippen LogP contribution < -0.4 is 4.74 Å². The summed E-state index contributed by atoms with van der Waals surface area (Å²) in [6.07, 6.45) is 17.7. The van der Waals surface area contributed by atoms with Crippen LogP contribution in [0.3, 0.4) is 0 Å². The van der Waals surface area contributed by atoms with Gasteiger partial charge in [0.05, 0.1) is 0 Å². The van der Waals surface area contributed by atoms with E-state index in [-0.39, 0.29) is 5.97 Å². The number of ether oxygens (including phenoxy) is 1. The van der Waals surface area contributed by atoms with Crippen molar-refractivity contribution < 1.29 is 9.53 Å². The Bertz CT molecular complexity index is 1040. The van der Waals surface area contributed by atoms with Crippen molar-refractivity contribution in [1.29, 1.82) is 0 Å². The van der Waals surface area contributed by atoms with E-state index < -0.39 is 0 Å². The van der Waals surface area contributed by atoms with Gasteiger partial charge in [-0.3, -0.25) is 4.79 Å². The topological polar surface area (TPSA) is 52.1 Å². The zero-order chi connectivity index (χ0) is 26.3. The lowest BCUT2D eigenvalue weighted by Crippen LogP contribution is -2.09. The molecule has 0 bridgehead atoms. The first-order valence-electron chi connectivity index (χ1n) is 14.3. The van der Waals surface area contributed by atoms with Gasteiger partial charge in [0.2, 0.25) is 0 Å². The Morgan fingerprint density at radius 2 is 1.35 bits per heavy atom. The summed E-state index contributed by atoms with van der Waals surface area (Å²) in [5.41, 5.74) is 4.34. The van der Waals surface area contributed by atoms with Crippen LogP contribution in [0.4, 0.5) is 0 Å². The van der Waals surface area contributed by atoms with Gasteiger partial charge in [-0.1, -0.05) is 109 Å². The maximum Gasteiger partial charge on any atom is 0.311 e. The van der Waals surface area contributed by atoms with E-state index in [1.807, 2.05) is 36.7 Å². The summed E-state index contributed by atoms with van der Waals surface area (Å²) in [4.78, 5) is 21.4. The SMILES string of the molecule is CCCCCCCCc1ccc(-c2ncc(-c3ccc(OC(=O)CCC(C)CCCC)cc3)cn2)cc1. The third kappa shape index (κ3) is 10.1. The second-order valence-corrected chi connectivity index (χ2v) is 10.3. The second kappa shape index (κ2) is 16.0. The monoisotopic (exact) mass is 500 g/mol. The predicted molar refractivity (Wildman–Crippen MR) is 154 cm³/mol. The number of aromatic nitrogens is 2. The highest BCUT2D eigenvalue weighted by atomic mass is 16.5. The Morgan fingerprint density at radius 1 is 0.730 bits per heavy atom. The normalized spacial score (nSPS) is 11.9. The minimum atomic E-state index is -0.165. The van der Waals surface area contributed by atoms with Crippen LogP contribution in [-0.2, 0) is 11.2 Å². The largest absolute Gasteiger partial charge is 0.427 e. The molecular weight excluding hydrogens is 456 g/mol. The third-order valence-electron chi connectivity index (χ3n) is 6.99. The van der Waals surface area contributed by atoms with Crippen LogP contribution >= 0.6 is 0 Å². The number of unbranched alkanes of at least 4 members (excludes halogenated alkanes) is 6. The van der Waals surface area contributed by atoms with E-state index in [9.17, 15) is 4.79 Å². The van der Waals surface area contributed by atoms with Crippen molar-refractivity contribution in [3.63, 3.8) is 0 Å². The molecular formula is C33H44N2O2. The first kappa shape index (κ1) is 28.6.